The van der Waals surface area contributed by atoms with E-state index in [9.17, 15) is 24.6 Å². The maximum Gasteiger partial charge on any atom is 0.256 e. The van der Waals surface area contributed by atoms with Crippen molar-refractivity contribution in [2.45, 2.75) is 12.2 Å². The van der Waals surface area contributed by atoms with Crippen molar-refractivity contribution >= 4 is 91.2 Å². The number of amides is 3. The quantitative estimate of drug-likeness (QED) is 0.143. The van der Waals surface area contributed by atoms with Crippen LogP contribution in [0.25, 0.3) is 0 Å². The summed E-state index contributed by atoms with van der Waals surface area (Å²) in [6.07, 6.45) is -2.63. The number of halogens is 3. The molecule has 0 bridgehead atoms. The number of nitrogens with zero attached hydrogens (tertiary/aromatic N) is 1. The molecule has 0 aliphatic heterocycles. The van der Waals surface area contributed by atoms with Crippen molar-refractivity contribution in [3.8, 4) is 0 Å². The van der Waals surface area contributed by atoms with E-state index in [-0.39, 0.29) is 40.6 Å². The highest BCUT2D eigenvalue weighted by Gasteiger charge is 2.31. The second-order valence-corrected chi connectivity index (χ2v) is 9.26. The van der Waals surface area contributed by atoms with Gasteiger partial charge in [0.2, 0.25) is 5.91 Å². The van der Waals surface area contributed by atoms with Crippen molar-refractivity contribution in [2.75, 3.05) is 38.2 Å². The summed E-state index contributed by atoms with van der Waals surface area (Å²) in [5.41, 5.74) is 5.50. The topological polar surface area (TPSA) is 194 Å². The summed E-state index contributed by atoms with van der Waals surface area (Å²) in [7, 11) is 0. The number of aliphatic hydroxyl groups is 5. The molecule has 0 heterocycles. The fourth-order valence-electron chi connectivity index (χ4n) is 2.38. The van der Waals surface area contributed by atoms with Crippen LogP contribution in [0.4, 0.5) is 5.69 Å². The molecule has 3 amide bonds. The Morgan fingerprint density at radius 3 is 1.77 bits per heavy atom. The maximum absolute atomic E-state index is 13.3. The molecule has 2 unspecified atom stereocenters. The lowest BCUT2D eigenvalue weighted by Gasteiger charge is -2.28. The summed E-state index contributed by atoms with van der Waals surface area (Å²) in [5.74, 6) is -2.36. The lowest BCUT2D eigenvalue weighted by atomic mass is 10.1. The highest BCUT2D eigenvalue weighted by Crippen LogP contribution is 2.36. The predicted molar refractivity (Wildman–Crippen MR) is 131 cm³/mol. The molecular formula is C16H20I3N3O8. The molecule has 1 aromatic carbocycles. The average Bonchev–Trinajstić information content (AvgIpc) is 2.69. The van der Waals surface area contributed by atoms with E-state index in [0.717, 1.165) is 4.90 Å². The molecule has 168 valence electrons. The summed E-state index contributed by atoms with van der Waals surface area (Å²) in [6, 6.07) is 0. The number of nitrogens with two attached hydrogens (primary N) is 1. The Balaban J connectivity index is 3.66. The smallest absolute Gasteiger partial charge is 0.256 e. The molecule has 2 atom stereocenters. The van der Waals surface area contributed by atoms with Crippen LogP contribution in [0.2, 0.25) is 0 Å². The Kier molecular flexibility index (Phi) is 11.6. The summed E-state index contributed by atoms with van der Waals surface area (Å²) >= 11 is 5.33. The first-order chi connectivity index (χ1) is 14.0. The number of primary amides is 1. The summed E-state index contributed by atoms with van der Waals surface area (Å²) in [5, 5.41) is 49.3. The minimum atomic E-state index is -1.32. The lowest BCUT2D eigenvalue weighted by Crippen LogP contribution is -2.44. The largest absolute Gasteiger partial charge is 0.394 e. The average molecular weight is 763 g/mol. The van der Waals surface area contributed by atoms with Gasteiger partial charge in [-0.2, -0.15) is 0 Å². The Labute approximate surface area is 212 Å². The van der Waals surface area contributed by atoms with Gasteiger partial charge in [0.1, 0.15) is 6.61 Å². The van der Waals surface area contributed by atoms with Gasteiger partial charge in [0.05, 0.1) is 49.4 Å². The minimum Gasteiger partial charge on any atom is -0.394 e. The highest BCUT2D eigenvalue weighted by molar-refractivity contribution is 14.1. The number of aliphatic hydroxyl groups excluding tert-OH is 5. The van der Waals surface area contributed by atoms with Crippen LogP contribution in [-0.2, 0) is 4.79 Å². The third-order valence-electron chi connectivity index (χ3n) is 3.76. The Morgan fingerprint density at radius 2 is 1.37 bits per heavy atom. The van der Waals surface area contributed by atoms with Crippen LogP contribution in [0.15, 0.2) is 0 Å². The molecule has 1 aromatic rings. The molecule has 0 aliphatic carbocycles. The fraction of sp³-hybridized carbons (Fsp3) is 0.438. The lowest BCUT2D eigenvalue weighted by molar-refractivity contribution is -0.118. The van der Waals surface area contributed by atoms with Crippen LogP contribution in [0.5, 0.6) is 0 Å². The second-order valence-electron chi connectivity index (χ2n) is 6.02. The van der Waals surface area contributed by atoms with Crippen LogP contribution >= 0.6 is 67.8 Å². The number of hydrogen-bond acceptors (Lipinski definition) is 8. The molecule has 0 aliphatic rings. The zero-order valence-electron chi connectivity index (χ0n) is 15.3. The van der Waals surface area contributed by atoms with E-state index in [2.05, 4.69) is 5.32 Å². The van der Waals surface area contributed by atoms with Crippen LogP contribution in [0.1, 0.15) is 20.7 Å². The van der Waals surface area contributed by atoms with Gasteiger partial charge in [0.25, 0.3) is 11.8 Å². The monoisotopic (exact) mass is 763 g/mol. The molecule has 0 saturated heterocycles. The number of carbonyl (C=O) groups excluding carboxylic acids is 3. The van der Waals surface area contributed by atoms with Gasteiger partial charge in [0.15, 0.2) is 0 Å². The molecule has 0 radical (unpaired) electrons. The highest BCUT2D eigenvalue weighted by atomic mass is 127. The third-order valence-corrected chi connectivity index (χ3v) is 6.99. The zero-order chi connectivity index (χ0) is 23.2. The number of anilines is 1. The standard InChI is InChI=1S/C16H20I3N3O8/c17-11-9(15(20)29)12(18)14(21-8(28)5-25)13(19)10(11)16(30)22(1-6(26)3-23)2-7(27)4-24/h6-7,23-27H,1-5H2,(H2,20,29)(H,21,28). The second kappa shape index (κ2) is 12.6. The first-order valence-electron chi connectivity index (χ1n) is 8.28. The fourth-order valence-corrected chi connectivity index (χ4v) is 6.81. The summed E-state index contributed by atoms with van der Waals surface area (Å²) in [6.45, 7) is -2.86. The third kappa shape index (κ3) is 6.81. The maximum atomic E-state index is 13.3. The number of benzene rings is 1. The number of nitrogens with one attached hydrogen (secondary N) is 1. The van der Waals surface area contributed by atoms with Crippen molar-refractivity contribution in [2.24, 2.45) is 5.73 Å². The minimum absolute atomic E-state index is 0.0291. The molecule has 0 fully saturated rings. The van der Waals surface area contributed by atoms with Crippen LogP contribution < -0.4 is 11.1 Å². The number of hydrogen-bond donors (Lipinski definition) is 7. The number of carbonyl (C=O) groups is 3. The van der Waals surface area contributed by atoms with Gasteiger partial charge in [-0.25, -0.2) is 0 Å². The Hall–Kier alpha value is -0.380. The molecule has 14 heteroatoms. The van der Waals surface area contributed by atoms with Gasteiger partial charge in [-0.1, -0.05) is 0 Å². The molecule has 11 nitrogen and oxygen atoms in total. The van der Waals surface area contributed by atoms with Gasteiger partial charge in [-0.3, -0.25) is 14.4 Å². The molecule has 0 saturated carbocycles. The molecule has 30 heavy (non-hydrogen) atoms. The van der Waals surface area contributed by atoms with E-state index in [1.165, 1.54) is 0 Å². The predicted octanol–water partition coefficient (Wildman–Crippen LogP) is -1.32. The van der Waals surface area contributed by atoms with Crippen molar-refractivity contribution in [1.29, 1.82) is 0 Å². The first-order valence-corrected chi connectivity index (χ1v) is 11.5. The van der Waals surface area contributed by atoms with Gasteiger partial charge >= 0.3 is 0 Å². The summed E-state index contributed by atoms with van der Waals surface area (Å²) in [4.78, 5) is 38.1. The van der Waals surface area contributed by atoms with Gasteiger partial charge < -0.3 is 41.5 Å². The molecule has 0 aromatic heterocycles. The van der Waals surface area contributed by atoms with Crippen LogP contribution in [0, 0.1) is 10.7 Å². The molecule has 1 rings (SSSR count). The van der Waals surface area contributed by atoms with E-state index >= 15 is 0 Å². The van der Waals surface area contributed by atoms with Gasteiger partial charge in [-0.05, 0) is 67.8 Å². The molecule has 8 N–H and O–H groups in total. The zero-order valence-corrected chi connectivity index (χ0v) is 21.8. The van der Waals surface area contributed by atoms with Gasteiger partial charge in [-0.15, -0.1) is 0 Å². The molecular weight excluding hydrogens is 743 g/mol. The first kappa shape index (κ1) is 27.7. The van der Waals surface area contributed by atoms with E-state index < -0.39 is 49.8 Å². The van der Waals surface area contributed by atoms with E-state index in [1.54, 1.807) is 67.8 Å². The van der Waals surface area contributed by atoms with Gasteiger partial charge in [0, 0.05) is 16.7 Å². The normalized spacial score (nSPS) is 12.9. The Bertz CT molecular complexity index is 812. The van der Waals surface area contributed by atoms with Crippen LogP contribution in [-0.4, -0.2) is 93.3 Å². The van der Waals surface area contributed by atoms with Crippen molar-refractivity contribution in [1.82, 2.24) is 4.90 Å². The van der Waals surface area contributed by atoms with Crippen molar-refractivity contribution in [3.05, 3.63) is 21.8 Å². The Morgan fingerprint density at radius 1 is 0.900 bits per heavy atom. The van der Waals surface area contributed by atoms with E-state index in [4.69, 9.17) is 21.1 Å². The van der Waals surface area contributed by atoms with E-state index in [0.29, 0.717) is 0 Å². The van der Waals surface area contributed by atoms with Crippen molar-refractivity contribution in [3.63, 3.8) is 0 Å². The van der Waals surface area contributed by atoms with Crippen molar-refractivity contribution < 1.29 is 39.9 Å². The SMILES string of the molecule is NC(=O)c1c(I)c(NC(=O)CO)c(I)c(C(=O)N(CC(O)CO)CC(O)CO)c1I. The molecule has 0 spiro atoms. The van der Waals surface area contributed by atoms with E-state index in [1.807, 2.05) is 0 Å². The van der Waals surface area contributed by atoms with Crippen LogP contribution in [0.3, 0.4) is 0 Å². The number of rotatable bonds is 10. The summed E-state index contributed by atoms with van der Waals surface area (Å²) < 4.78 is 0.688.